The lowest BCUT2D eigenvalue weighted by Crippen LogP contribution is -2.25. The molecule has 2 rings (SSSR count). The number of carbonyl (C=O) groups excluding carboxylic acids is 1. The quantitative estimate of drug-likeness (QED) is 0.725. The summed E-state index contributed by atoms with van der Waals surface area (Å²) >= 11 is 6.96. The lowest BCUT2D eigenvalue weighted by molar-refractivity contribution is -0.129. The average Bonchev–Trinajstić information content (AvgIpc) is 3.02. The summed E-state index contributed by atoms with van der Waals surface area (Å²) in [5.74, 6) is 1.69. The number of halogens is 2. The van der Waals surface area contributed by atoms with Gasteiger partial charge in [0.2, 0.25) is 0 Å². The highest BCUT2D eigenvalue weighted by molar-refractivity contribution is 9.09. The molecule has 2 fully saturated rings. The van der Waals surface area contributed by atoms with Crippen molar-refractivity contribution >= 4 is 37.6 Å². The van der Waals surface area contributed by atoms with Gasteiger partial charge in [0.15, 0.2) is 0 Å². The van der Waals surface area contributed by atoms with Gasteiger partial charge in [-0.15, -0.1) is 0 Å². The Morgan fingerprint density at radius 1 is 1.14 bits per heavy atom. The van der Waals surface area contributed by atoms with Crippen LogP contribution in [0.15, 0.2) is 0 Å². The van der Waals surface area contributed by atoms with Crippen LogP contribution in [-0.2, 0) is 4.79 Å². The van der Waals surface area contributed by atoms with Gasteiger partial charge in [-0.05, 0) is 24.7 Å². The molecule has 0 heterocycles. The molecule has 0 N–H and O–H groups in total. The van der Waals surface area contributed by atoms with Crippen LogP contribution < -0.4 is 0 Å². The molecule has 0 bridgehead atoms. The Kier molecular flexibility index (Phi) is 2.63. The van der Waals surface area contributed by atoms with Crippen molar-refractivity contribution in [2.45, 2.75) is 26.7 Å². The van der Waals surface area contributed by atoms with Crippen molar-refractivity contribution in [3.63, 3.8) is 0 Å². The molecular weight excluding hydrogens is 308 g/mol. The van der Waals surface area contributed by atoms with Gasteiger partial charge in [0.1, 0.15) is 5.78 Å². The van der Waals surface area contributed by atoms with Crippen LogP contribution in [0.1, 0.15) is 26.7 Å². The third kappa shape index (κ3) is 1.42. The molecule has 3 heteroatoms. The lowest BCUT2D eigenvalue weighted by atomic mass is 9.87. The summed E-state index contributed by atoms with van der Waals surface area (Å²) in [6.07, 6.45) is 2.17. The van der Waals surface area contributed by atoms with Crippen LogP contribution in [0.2, 0.25) is 0 Å². The van der Waals surface area contributed by atoms with Gasteiger partial charge < -0.3 is 0 Å². The van der Waals surface area contributed by atoms with Crippen LogP contribution in [-0.4, -0.2) is 16.4 Å². The molecule has 0 aliphatic heterocycles. The van der Waals surface area contributed by atoms with E-state index in [-0.39, 0.29) is 10.8 Å². The topological polar surface area (TPSA) is 17.1 Å². The van der Waals surface area contributed by atoms with E-state index in [1.807, 2.05) is 0 Å². The van der Waals surface area contributed by atoms with Crippen molar-refractivity contribution in [3.8, 4) is 0 Å². The Morgan fingerprint density at radius 3 is 1.71 bits per heavy atom. The van der Waals surface area contributed by atoms with E-state index in [1.165, 1.54) is 0 Å². The van der Waals surface area contributed by atoms with Crippen molar-refractivity contribution in [1.29, 1.82) is 0 Å². The zero-order valence-corrected chi connectivity index (χ0v) is 11.8. The van der Waals surface area contributed by atoms with Crippen molar-refractivity contribution in [2.24, 2.45) is 22.7 Å². The number of alkyl halides is 2. The molecule has 0 amide bonds. The minimum absolute atomic E-state index is 0.00479. The maximum atomic E-state index is 12.3. The molecule has 0 aromatic rings. The summed E-state index contributed by atoms with van der Waals surface area (Å²) < 4.78 is 0. The molecule has 2 aliphatic rings. The molecule has 0 spiro atoms. The van der Waals surface area contributed by atoms with E-state index in [9.17, 15) is 4.79 Å². The highest BCUT2D eigenvalue weighted by Gasteiger charge is 2.65. The molecule has 4 unspecified atom stereocenters. The van der Waals surface area contributed by atoms with E-state index in [0.717, 1.165) is 23.5 Å². The molecule has 0 saturated heterocycles. The van der Waals surface area contributed by atoms with Crippen LogP contribution in [0.25, 0.3) is 0 Å². The molecular formula is C11H16Br2O. The predicted octanol–water partition coefficient (Wildman–Crippen LogP) is 3.40. The number of rotatable bonds is 4. The first-order valence-corrected chi connectivity index (χ1v) is 7.40. The van der Waals surface area contributed by atoms with Crippen molar-refractivity contribution in [2.75, 3.05) is 10.7 Å². The first-order valence-electron chi connectivity index (χ1n) is 5.16. The minimum Gasteiger partial charge on any atom is -0.298 e. The second-order valence-corrected chi connectivity index (χ2v) is 6.57. The fourth-order valence-corrected chi connectivity index (χ4v) is 4.45. The molecule has 1 nitrogen and oxygen atoms in total. The highest BCUT2D eigenvalue weighted by atomic mass is 79.9. The number of Topliss-reactive ketones (excluding diaryl/α,β-unsaturated/α-hetero) is 1. The summed E-state index contributed by atoms with van der Waals surface area (Å²) in [4.78, 5) is 12.3. The van der Waals surface area contributed by atoms with Gasteiger partial charge in [0.25, 0.3) is 0 Å². The monoisotopic (exact) mass is 322 g/mol. The molecule has 2 saturated carbocycles. The maximum absolute atomic E-state index is 12.3. The average molecular weight is 324 g/mol. The van der Waals surface area contributed by atoms with Gasteiger partial charge in [0, 0.05) is 21.5 Å². The van der Waals surface area contributed by atoms with Gasteiger partial charge in [0.05, 0.1) is 0 Å². The van der Waals surface area contributed by atoms with Crippen molar-refractivity contribution in [3.05, 3.63) is 0 Å². The molecule has 2 aliphatic carbocycles. The third-order valence-corrected chi connectivity index (χ3v) is 5.80. The smallest absolute Gasteiger partial charge is 0.145 e. The summed E-state index contributed by atoms with van der Waals surface area (Å²) in [7, 11) is 0. The molecule has 4 atom stereocenters. The van der Waals surface area contributed by atoms with Gasteiger partial charge in [-0.3, -0.25) is 4.79 Å². The zero-order valence-electron chi connectivity index (χ0n) is 8.65. The Balaban J connectivity index is 2.05. The van der Waals surface area contributed by atoms with Crippen molar-refractivity contribution < 1.29 is 4.79 Å². The number of ketones is 1. The van der Waals surface area contributed by atoms with Gasteiger partial charge in [-0.1, -0.05) is 45.7 Å². The van der Waals surface area contributed by atoms with E-state index in [4.69, 9.17) is 0 Å². The molecule has 0 radical (unpaired) electrons. The van der Waals surface area contributed by atoms with Crippen LogP contribution in [0.4, 0.5) is 0 Å². The summed E-state index contributed by atoms with van der Waals surface area (Å²) in [6.45, 7) is 4.27. The first kappa shape index (κ1) is 11.1. The van der Waals surface area contributed by atoms with Crippen molar-refractivity contribution in [1.82, 2.24) is 0 Å². The van der Waals surface area contributed by atoms with E-state index >= 15 is 0 Å². The van der Waals surface area contributed by atoms with Crippen LogP contribution in [0.5, 0.6) is 0 Å². The minimum atomic E-state index is -0.00479. The van der Waals surface area contributed by atoms with Gasteiger partial charge in [-0.2, -0.15) is 0 Å². The molecule has 0 aromatic heterocycles. The number of hydrogen-bond donors (Lipinski definition) is 0. The molecule has 0 aromatic carbocycles. The summed E-state index contributed by atoms with van der Waals surface area (Å²) in [6, 6.07) is 0. The SMILES string of the molecule is CC1(C(=O)C2(C)CC2CBr)CC1CBr. The predicted molar refractivity (Wildman–Crippen MR) is 65.0 cm³/mol. The Hall–Kier alpha value is 0.630. The fraction of sp³-hybridized carbons (Fsp3) is 0.909. The van der Waals surface area contributed by atoms with E-state index in [0.29, 0.717) is 17.6 Å². The number of hydrogen-bond acceptors (Lipinski definition) is 1. The normalized spacial score (nSPS) is 50.3. The Bertz CT molecular complexity index is 252. The number of carbonyl (C=O) groups is 1. The zero-order chi connectivity index (χ0) is 10.6. The second kappa shape index (κ2) is 3.31. The van der Waals surface area contributed by atoms with Gasteiger partial charge >= 0.3 is 0 Å². The maximum Gasteiger partial charge on any atom is 0.145 e. The van der Waals surface area contributed by atoms with E-state index in [2.05, 4.69) is 45.7 Å². The second-order valence-electron chi connectivity index (χ2n) is 5.27. The molecule has 80 valence electrons. The Labute approximate surface area is 102 Å². The Morgan fingerprint density at radius 2 is 1.50 bits per heavy atom. The van der Waals surface area contributed by atoms with Crippen LogP contribution >= 0.6 is 31.9 Å². The summed E-state index contributed by atoms with van der Waals surface area (Å²) in [5.41, 5.74) is -0.00958. The third-order valence-electron chi connectivity index (χ3n) is 4.23. The lowest BCUT2D eigenvalue weighted by Gasteiger charge is -2.16. The highest BCUT2D eigenvalue weighted by Crippen LogP contribution is 2.64. The van der Waals surface area contributed by atoms with Gasteiger partial charge in [-0.25, -0.2) is 0 Å². The van der Waals surface area contributed by atoms with E-state index < -0.39 is 0 Å². The fourth-order valence-electron chi connectivity index (χ4n) is 2.56. The first-order chi connectivity index (χ1) is 6.49. The largest absolute Gasteiger partial charge is 0.298 e. The summed E-state index contributed by atoms with van der Waals surface area (Å²) in [5, 5.41) is 1.95. The van der Waals surface area contributed by atoms with Crippen LogP contribution in [0, 0.1) is 22.7 Å². The van der Waals surface area contributed by atoms with Crippen LogP contribution in [0.3, 0.4) is 0 Å². The molecule has 14 heavy (non-hydrogen) atoms. The van der Waals surface area contributed by atoms with E-state index in [1.54, 1.807) is 0 Å². The standard InChI is InChI=1S/C11H16Br2O/c1-10(3-7(10)5-12)9(14)11(2)4-8(11)6-13/h7-8H,3-6H2,1-2H3.